The second-order valence-electron chi connectivity index (χ2n) is 4.66. The molecular weight excluding hydrogens is 218 g/mol. The molecule has 1 atom stereocenters. The maximum atomic E-state index is 11.3. The average Bonchev–Trinajstić information content (AvgIpc) is 2.32. The first-order chi connectivity index (χ1) is 8.03. The highest BCUT2D eigenvalue weighted by atomic mass is 16.5. The molecule has 1 unspecified atom stereocenters. The summed E-state index contributed by atoms with van der Waals surface area (Å²) in [6.07, 6.45) is 2.24. The van der Waals surface area contributed by atoms with Gasteiger partial charge in [0.1, 0.15) is 0 Å². The molecule has 0 bridgehead atoms. The van der Waals surface area contributed by atoms with Crippen molar-refractivity contribution >= 4 is 5.97 Å². The van der Waals surface area contributed by atoms with Crippen LogP contribution in [0.5, 0.6) is 0 Å². The topological polar surface area (TPSA) is 58.6 Å². The number of aliphatic hydroxyl groups is 1. The minimum absolute atomic E-state index is 0.0665. The van der Waals surface area contributed by atoms with Crippen LogP contribution in [-0.4, -0.2) is 36.9 Å². The van der Waals surface area contributed by atoms with Crippen molar-refractivity contribution in [3.05, 3.63) is 0 Å². The van der Waals surface area contributed by atoms with Crippen molar-refractivity contribution in [3.8, 4) is 0 Å². The van der Waals surface area contributed by atoms with Crippen LogP contribution in [0.3, 0.4) is 0 Å². The Kier molecular flexibility index (Phi) is 8.17. The molecule has 4 heteroatoms. The number of carbonyl (C=O) groups is 1. The lowest BCUT2D eigenvalue weighted by atomic mass is 9.83. The van der Waals surface area contributed by atoms with Gasteiger partial charge < -0.3 is 15.2 Å². The monoisotopic (exact) mass is 245 g/mol. The zero-order chi connectivity index (χ0) is 13.3. The highest BCUT2D eigenvalue weighted by Gasteiger charge is 2.25. The van der Waals surface area contributed by atoms with Gasteiger partial charge in [0.05, 0.1) is 13.0 Å². The standard InChI is InChI=1S/C13H27NO3/c1-5-13(6-2,10-15)9-14-11(4)8-12(16)17-7-3/h11,14-15H,5-10H2,1-4H3. The fraction of sp³-hybridized carbons (Fsp3) is 0.923. The fourth-order valence-electron chi connectivity index (χ4n) is 1.71. The Bertz CT molecular complexity index is 206. The third-order valence-corrected chi connectivity index (χ3v) is 3.44. The van der Waals surface area contributed by atoms with Gasteiger partial charge in [0.2, 0.25) is 0 Å². The van der Waals surface area contributed by atoms with Crippen molar-refractivity contribution in [1.29, 1.82) is 0 Å². The summed E-state index contributed by atoms with van der Waals surface area (Å²) in [4.78, 5) is 11.3. The molecule has 102 valence electrons. The second-order valence-corrected chi connectivity index (χ2v) is 4.66. The molecule has 0 radical (unpaired) electrons. The van der Waals surface area contributed by atoms with E-state index in [1.54, 1.807) is 6.92 Å². The molecular formula is C13H27NO3. The quantitative estimate of drug-likeness (QED) is 0.607. The molecule has 0 aliphatic rings. The first-order valence-corrected chi connectivity index (χ1v) is 6.53. The molecule has 0 aliphatic carbocycles. The molecule has 4 nitrogen and oxygen atoms in total. The van der Waals surface area contributed by atoms with Crippen LogP contribution in [0.1, 0.15) is 47.0 Å². The van der Waals surface area contributed by atoms with Crippen LogP contribution in [0.25, 0.3) is 0 Å². The van der Waals surface area contributed by atoms with E-state index < -0.39 is 0 Å². The van der Waals surface area contributed by atoms with Gasteiger partial charge in [0, 0.05) is 24.6 Å². The first-order valence-electron chi connectivity index (χ1n) is 6.53. The van der Waals surface area contributed by atoms with Crippen LogP contribution in [0.2, 0.25) is 0 Å². The molecule has 0 aromatic rings. The Morgan fingerprint density at radius 3 is 2.35 bits per heavy atom. The smallest absolute Gasteiger partial charge is 0.307 e. The van der Waals surface area contributed by atoms with E-state index in [1.807, 2.05) is 6.92 Å². The van der Waals surface area contributed by atoms with Crippen molar-refractivity contribution < 1.29 is 14.6 Å². The number of hydrogen-bond donors (Lipinski definition) is 2. The Morgan fingerprint density at radius 2 is 1.94 bits per heavy atom. The SMILES string of the molecule is CCOC(=O)CC(C)NCC(CC)(CC)CO. The number of carbonyl (C=O) groups excluding carboxylic acids is 1. The normalized spacial score (nSPS) is 13.5. The van der Waals surface area contributed by atoms with Gasteiger partial charge in [0.15, 0.2) is 0 Å². The summed E-state index contributed by atoms with van der Waals surface area (Å²) in [5.74, 6) is -0.171. The predicted molar refractivity (Wildman–Crippen MR) is 68.8 cm³/mol. The van der Waals surface area contributed by atoms with E-state index in [0.717, 1.165) is 19.4 Å². The summed E-state index contributed by atoms with van der Waals surface area (Å²) in [5, 5.41) is 12.7. The van der Waals surface area contributed by atoms with E-state index in [-0.39, 0.29) is 24.0 Å². The average molecular weight is 245 g/mol. The third kappa shape index (κ3) is 6.03. The van der Waals surface area contributed by atoms with Crippen LogP contribution < -0.4 is 5.32 Å². The third-order valence-electron chi connectivity index (χ3n) is 3.44. The largest absolute Gasteiger partial charge is 0.466 e. The van der Waals surface area contributed by atoms with Gasteiger partial charge in [-0.25, -0.2) is 0 Å². The maximum absolute atomic E-state index is 11.3. The van der Waals surface area contributed by atoms with E-state index >= 15 is 0 Å². The van der Waals surface area contributed by atoms with Crippen LogP contribution in [0.15, 0.2) is 0 Å². The van der Waals surface area contributed by atoms with Crippen LogP contribution in [0, 0.1) is 5.41 Å². The summed E-state index contributed by atoms with van der Waals surface area (Å²) < 4.78 is 4.90. The van der Waals surface area contributed by atoms with Gasteiger partial charge in [-0.1, -0.05) is 13.8 Å². The number of rotatable bonds is 9. The first kappa shape index (κ1) is 16.4. The Morgan fingerprint density at radius 1 is 1.35 bits per heavy atom. The molecule has 0 rings (SSSR count). The Hall–Kier alpha value is -0.610. The number of esters is 1. The molecule has 0 aliphatic heterocycles. The molecule has 0 fully saturated rings. The lowest BCUT2D eigenvalue weighted by Crippen LogP contribution is -2.41. The van der Waals surface area contributed by atoms with Crippen LogP contribution >= 0.6 is 0 Å². The van der Waals surface area contributed by atoms with Gasteiger partial charge in [-0.3, -0.25) is 4.79 Å². The van der Waals surface area contributed by atoms with E-state index in [9.17, 15) is 9.90 Å². The summed E-state index contributed by atoms with van der Waals surface area (Å²) in [5.41, 5.74) is -0.0665. The summed E-state index contributed by atoms with van der Waals surface area (Å²) >= 11 is 0. The van der Waals surface area contributed by atoms with E-state index in [2.05, 4.69) is 19.2 Å². The summed E-state index contributed by atoms with van der Waals surface area (Å²) in [7, 11) is 0. The Balaban J connectivity index is 4.04. The molecule has 2 N–H and O–H groups in total. The van der Waals surface area contributed by atoms with Crippen molar-refractivity contribution in [3.63, 3.8) is 0 Å². The lowest BCUT2D eigenvalue weighted by molar-refractivity contribution is -0.143. The predicted octanol–water partition coefficient (Wildman–Crippen LogP) is 1.72. The minimum Gasteiger partial charge on any atom is -0.466 e. The molecule has 0 spiro atoms. The number of hydrogen-bond acceptors (Lipinski definition) is 4. The second kappa shape index (κ2) is 8.48. The maximum Gasteiger partial charge on any atom is 0.307 e. The molecule has 0 aromatic heterocycles. The van der Waals surface area contributed by atoms with Gasteiger partial charge in [-0.15, -0.1) is 0 Å². The zero-order valence-electron chi connectivity index (χ0n) is 11.6. The highest BCUT2D eigenvalue weighted by Crippen LogP contribution is 2.24. The zero-order valence-corrected chi connectivity index (χ0v) is 11.6. The van der Waals surface area contributed by atoms with Crippen molar-refractivity contribution in [1.82, 2.24) is 5.32 Å². The number of nitrogens with one attached hydrogen (secondary N) is 1. The van der Waals surface area contributed by atoms with Gasteiger partial charge >= 0.3 is 5.97 Å². The van der Waals surface area contributed by atoms with Crippen LogP contribution in [0.4, 0.5) is 0 Å². The summed E-state index contributed by atoms with van der Waals surface area (Å²) in [6.45, 7) is 9.27. The van der Waals surface area contributed by atoms with E-state index in [0.29, 0.717) is 13.0 Å². The molecule has 17 heavy (non-hydrogen) atoms. The highest BCUT2D eigenvalue weighted by molar-refractivity contribution is 5.69. The van der Waals surface area contributed by atoms with Crippen molar-refractivity contribution in [2.24, 2.45) is 5.41 Å². The minimum atomic E-state index is -0.171. The van der Waals surface area contributed by atoms with Gasteiger partial charge in [-0.2, -0.15) is 0 Å². The molecule has 0 heterocycles. The lowest BCUT2D eigenvalue weighted by Gasteiger charge is -2.31. The van der Waals surface area contributed by atoms with Gasteiger partial charge in [-0.05, 0) is 26.7 Å². The van der Waals surface area contributed by atoms with Crippen molar-refractivity contribution in [2.45, 2.75) is 53.0 Å². The Labute approximate surface area is 105 Å². The molecule has 0 saturated carbocycles. The molecule has 0 amide bonds. The molecule has 0 saturated heterocycles. The molecule has 0 aromatic carbocycles. The fourth-order valence-corrected chi connectivity index (χ4v) is 1.71. The van der Waals surface area contributed by atoms with E-state index in [1.165, 1.54) is 0 Å². The number of aliphatic hydroxyl groups excluding tert-OH is 1. The van der Waals surface area contributed by atoms with Crippen LogP contribution in [-0.2, 0) is 9.53 Å². The summed E-state index contributed by atoms with van der Waals surface area (Å²) in [6, 6.07) is 0.0816. The van der Waals surface area contributed by atoms with Crippen molar-refractivity contribution in [2.75, 3.05) is 19.8 Å². The number of ether oxygens (including phenoxy) is 1. The van der Waals surface area contributed by atoms with Gasteiger partial charge in [0.25, 0.3) is 0 Å². The van der Waals surface area contributed by atoms with E-state index in [4.69, 9.17) is 4.74 Å².